The number of aromatic nitrogens is 5. The molecular weight excluding hydrogens is 346 g/mol. The van der Waals surface area contributed by atoms with Gasteiger partial charge >= 0.3 is 11.7 Å². The lowest BCUT2D eigenvalue weighted by atomic mass is 10.1. The maximum atomic E-state index is 13.1. The number of methoxy groups -OCH3 is 1. The molecule has 0 saturated heterocycles. The Bertz CT molecular complexity index is 1040. The first kappa shape index (κ1) is 18.9. The molecule has 27 heavy (non-hydrogen) atoms. The Morgan fingerprint density at radius 3 is 2.63 bits per heavy atom. The number of rotatable bonds is 6. The van der Waals surface area contributed by atoms with Crippen LogP contribution in [0.25, 0.3) is 11.2 Å². The van der Waals surface area contributed by atoms with E-state index in [2.05, 4.69) is 23.9 Å². The zero-order chi connectivity index (χ0) is 19.7. The van der Waals surface area contributed by atoms with Crippen molar-refractivity contribution in [2.45, 2.75) is 40.3 Å². The second kappa shape index (κ2) is 7.38. The van der Waals surface area contributed by atoms with Crippen LogP contribution in [0.2, 0.25) is 0 Å². The molecule has 0 unspecified atom stereocenters. The van der Waals surface area contributed by atoms with E-state index in [1.807, 2.05) is 20.2 Å². The van der Waals surface area contributed by atoms with Crippen molar-refractivity contribution in [1.29, 1.82) is 0 Å². The first-order chi connectivity index (χ1) is 12.8. The van der Waals surface area contributed by atoms with Crippen LogP contribution in [-0.2, 0) is 24.9 Å². The van der Waals surface area contributed by atoms with Crippen LogP contribution in [0.15, 0.2) is 23.3 Å². The van der Waals surface area contributed by atoms with Crippen molar-refractivity contribution >= 4 is 17.1 Å². The van der Waals surface area contributed by atoms with Crippen LogP contribution < -0.4 is 5.69 Å². The molecule has 3 rings (SSSR count). The van der Waals surface area contributed by atoms with E-state index in [4.69, 9.17) is 4.74 Å². The van der Waals surface area contributed by atoms with Gasteiger partial charge in [0.2, 0.25) is 0 Å². The maximum Gasteiger partial charge on any atom is 0.339 e. The van der Waals surface area contributed by atoms with E-state index in [0.717, 1.165) is 17.7 Å². The fourth-order valence-electron chi connectivity index (χ4n) is 3.14. The van der Waals surface area contributed by atoms with E-state index in [1.54, 1.807) is 19.9 Å². The number of fused-ring (bicyclic) bond motifs is 1. The van der Waals surface area contributed by atoms with E-state index in [9.17, 15) is 9.59 Å². The molecule has 0 fully saturated rings. The molecule has 0 amide bonds. The second-order valence-electron chi connectivity index (χ2n) is 7.17. The zero-order valence-corrected chi connectivity index (χ0v) is 16.4. The standard InChI is InChI=1S/C19H25N5O3/c1-12(2)6-7-23-17-16(8-14(9-20-17)18(25)27-5)24(19(23)26)11-15-10-22(4)21-13(15)3/h8-10,12H,6-7,11H2,1-5H3. The average Bonchev–Trinajstić information content (AvgIpc) is 3.08. The molecule has 0 bridgehead atoms. The number of carbonyl (C=O) groups excluding carboxylic acids is 1. The van der Waals surface area contributed by atoms with E-state index in [1.165, 1.54) is 13.3 Å². The van der Waals surface area contributed by atoms with Crippen molar-refractivity contribution in [1.82, 2.24) is 23.9 Å². The number of imidazole rings is 1. The molecule has 3 aromatic rings. The number of nitrogens with zero attached hydrogens (tertiary/aromatic N) is 5. The van der Waals surface area contributed by atoms with Gasteiger partial charge < -0.3 is 4.74 Å². The topological polar surface area (TPSA) is 83.9 Å². The van der Waals surface area contributed by atoms with Crippen LogP contribution in [0.5, 0.6) is 0 Å². The summed E-state index contributed by atoms with van der Waals surface area (Å²) in [7, 11) is 3.18. The summed E-state index contributed by atoms with van der Waals surface area (Å²) in [6, 6.07) is 1.67. The highest BCUT2D eigenvalue weighted by Gasteiger charge is 2.19. The van der Waals surface area contributed by atoms with Crippen LogP contribution in [0.4, 0.5) is 0 Å². The lowest BCUT2D eigenvalue weighted by Crippen LogP contribution is -2.25. The molecule has 0 spiro atoms. The smallest absolute Gasteiger partial charge is 0.339 e. The fraction of sp³-hybridized carbons (Fsp3) is 0.474. The van der Waals surface area contributed by atoms with Gasteiger partial charge in [0.1, 0.15) is 0 Å². The third-order valence-electron chi connectivity index (χ3n) is 4.65. The summed E-state index contributed by atoms with van der Waals surface area (Å²) in [5.74, 6) is -0.0129. The van der Waals surface area contributed by atoms with E-state index in [-0.39, 0.29) is 5.69 Å². The fourth-order valence-corrected chi connectivity index (χ4v) is 3.14. The number of ether oxygens (including phenoxy) is 1. The largest absolute Gasteiger partial charge is 0.465 e. The van der Waals surface area contributed by atoms with Crippen molar-refractivity contribution < 1.29 is 9.53 Å². The minimum Gasteiger partial charge on any atom is -0.465 e. The van der Waals surface area contributed by atoms with Gasteiger partial charge in [-0.15, -0.1) is 0 Å². The zero-order valence-electron chi connectivity index (χ0n) is 16.4. The highest BCUT2D eigenvalue weighted by atomic mass is 16.5. The minimum absolute atomic E-state index is 0.136. The van der Waals surface area contributed by atoms with Crippen molar-refractivity contribution in [3.8, 4) is 0 Å². The minimum atomic E-state index is -0.476. The number of aryl methyl sites for hydroxylation is 3. The van der Waals surface area contributed by atoms with Crippen molar-refractivity contribution in [2.24, 2.45) is 13.0 Å². The lowest BCUT2D eigenvalue weighted by Gasteiger charge is -2.05. The van der Waals surface area contributed by atoms with Crippen molar-refractivity contribution in [3.63, 3.8) is 0 Å². The number of hydrogen-bond acceptors (Lipinski definition) is 5. The van der Waals surface area contributed by atoms with Crippen LogP contribution in [0, 0.1) is 12.8 Å². The highest BCUT2D eigenvalue weighted by Crippen LogP contribution is 2.17. The molecular formula is C19H25N5O3. The first-order valence-electron chi connectivity index (χ1n) is 8.98. The molecule has 0 atom stereocenters. The Morgan fingerprint density at radius 2 is 2.04 bits per heavy atom. The molecule has 0 aliphatic carbocycles. The third kappa shape index (κ3) is 3.65. The molecule has 8 heteroatoms. The van der Waals surface area contributed by atoms with Gasteiger partial charge in [-0.05, 0) is 25.3 Å². The summed E-state index contributed by atoms with van der Waals surface area (Å²) >= 11 is 0. The molecule has 0 saturated carbocycles. The summed E-state index contributed by atoms with van der Waals surface area (Å²) in [5, 5.41) is 4.35. The molecule has 3 aromatic heterocycles. The summed E-state index contributed by atoms with van der Waals surface area (Å²) in [6.07, 6.45) is 4.22. The van der Waals surface area contributed by atoms with E-state index in [0.29, 0.717) is 35.7 Å². The quantitative estimate of drug-likeness (QED) is 0.620. The Hall–Kier alpha value is -2.90. The normalized spacial score (nSPS) is 11.5. The Kier molecular flexibility index (Phi) is 5.16. The first-order valence-corrected chi connectivity index (χ1v) is 8.98. The average molecular weight is 371 g/mol. The van der Waals surface area contributed by atoms with Gasteiger partial charge in [-0.2, -0.15) is 5.10 Å². The predicted octanol–water partition coefficient (Wildman–Crippen LogP) is 2.12. The number of carbonyl (C=O) groups is 1. The summed E-state index contributed by atoms with van der Waals surface area (Å²) < 4.78 is 9.86. The van der Waals surface area contributed by atoms with Gasteiger partial charge in [0, 0.05) is 31.5 Å². The third-order valence-corrected chi connectivity index (χ3v) is 4.65. The van der Waals surface area contributed by atoms with Crippen molar-refractivity contribution in [2.75, 3.05) is 7.11 Å². The van der Waals surface area contributed by atoms with Crippen LogP contribution >= 0.6 is 0 Å². The summed E-state index contributed by atoms with van der Waals surface area (Å²) in [6.45, 7) is 7.10. The van der Waals surface area contributed by atoms with Crippen LogP contribution in [0.1, 0.15) is 41.9 Å². The van der Waals surface area contributed by atoms with Gasteiger partial charge in [-0.3, -0.25) is 13.8 Å². The van der Waals surface area contributed by atoms with Gasteiger partial charge in [0.15, 0.2) is 5.65 Å². The maximum absolute atomic E-state index is 13.1. The van der Waals surface area contributed by atoms with Gasteiger partial charge in [0.05, 0.1) is 30.4 Å². The molecule has 8 nitrogen and oxygen atoms in total. The molecule has 0 aliphatic heterocycles. The van der Waals surface area contributed by atoms with Crippen molar-refractivity contribution in [3.05, 3.63) is 45.8 Å². The van der Waals surface area contributed by atoms with E-state index < -0.39 is 5.97 Å². The highest BCUT2D eigenvalue weighted by molar-refractivity contribution is 5.92. The summed E-state index contributed by atoms with van der Waals surface area (Å²) in [5.41, 5.74) is 3.20. The SMILES string of the molecule is COC(=O)c1cnc2c(c1)n(Cc1cn(C)nc1C)c(=O)n2CCC(C)C. The number of esters is 1. The second-order valence-corrected chi connectivity index (χ2v) is 7.17. The van der Waals surface area contributed by atoms with E-state index >= 15 is 0 Å². The Morgan fingerprint density at radius 1 is 1.30 bits per heavy atom. The molecule has 0 N–H and O–H groups in total. The number of pyridine rings is 1. The Balaban J connectivity index is 2.16. The van der Waals surface area contributed by atoms with Crippen LogP contribution in [0.3, 0.4) is 0 Å². The van der Waals surface area contributed by atoms with Gasteiger partial charge in [-0.1, -0.05) is 13.8 Å². The summed E-state index contributed by atoms with van der Waals surface area (Å²) in [4.78, 5) is 29.4. The molecule has 144 valence electrons. The molecule has 3 heterocycles. The number of hydrogen-bond donors (Lipinski definition) is 0. The molecule has 0 aromatic carbocycles. The van der Waals surface area contributed by atoms with Gasteiger partial charge in [0.25, 0.3) is 0 Å². The van der Waals surface area contributed by atoms with Gasteiger partial charge in [-0.25, -0.2) is 14.6 Å². The monoisotopic (exact) mass is 371 g/mol. The Labute approximate surface area is 157 Å². The van der Waals surface area contributed by atoms with Crippen LogP contribution in [-0.4, -0.2) is 37.0 Å². The molecule has 0 aliphatic rings. The predicted molar refractivity (Wildman–Crippen MR) is 102 cm³/mol. The molecule has 0 radical (unpaired) electrons. The lowest BCUT2D eigenvalue weighted by molar-refractivity contribution is 0.0600.